The summed E-state index contributed by atoms with van der Waals surface area (Å²) in [5.41, 5.74) is 0.496. The van der Waals surface area contributed by atoms with Gasteiger partial charge >= 0.3 is 0 Å². The molecular formula is C17H27N3O5S2. The second kappa shape index (κ2) is 8.15. The summed E-state index contributed by atoms with van der Waals surface area (Å²) in [7, 11) is -7.10. The molecule has 10 heteroatoms. The van der Waals surface area contributed by atoms with E-state index in [1.165, 1.54) is 12.1 Å². The monoisotopic (exact) mass is 417 g/mol. The van der Waals surface area contributed by atoms with Gasteiger partial charge in [0.2, 0.25) is 5.91 Å². The lowest BCUT2D eigenvalue weighted by molar-refractivity contribution is -0.122. The first-order valence-electron chi connectivity index (χ1n) is 8.69. The number of amides is 1. The molecule has 1 saturated heterocycles. The number of benzene rings is 1. The van der Waals surface area contributed by atoms with Crippen LogP contribution in [0.5, 0.6) is 0 Å². The topological polar surface area (TPSA) is 104 Å². The third-order valence-corrected chi connectivity index (χ3v) is 6.52. The van der Waals surface area contributed by atoms with Crippen molar-refractivity contribution in [2.45, 2.75) is 29.7 Å². The molecule has 0 bridgehead atoms. The number of hydrogen-bond acceptors (Lipinski definition) is 7. The zero-order chi connectivity index (χ0) is 20.4. The van der Waals surface area contributed by atoms with Gasteiger partial charge in [-0.15, -0.1) is 0 Å². The summed E-state index contributed by atoms with van der Waals surface area (Å²) in [5, 5.41) is 2.85. The van der Waals surface area contributed by atoms with Gasteiger partial charge in [-0.3, -0.25) is 9.69 Å². The molecule has 1 aromatic rings. The van der Waals surface area contributed by atoms with Crippen molar-refractivity contribution in [2.24, 2.45) is 0 Å². The summed E-state index contributed by atoms with van der Waals surface area (Å²) in [6.07, 6.45) is 2.12. The van der Waals surface area contributed by atoms with Crippen LogP contribution in [0, 0.1) is 0 Å². The highest BCUT2D eigenvalue weighted by Gasteiger charge is 2.25. The number of piperazine rings is 1. The Bertz CT molecular complexity index is 902. The highest BCUT2D eigenvalue weighted by Crippen LogP contribution is 2.29. The van der Waals surface area contributed by atoms with Crippen LogP contribution in [0.2, 0.25) is 0 Å². The summed E-state index contributed by atoms with van der Waals surface area (Å²) in [5.74, 6) is -0.0345. The molecule has 0 radical (unpaired) electrons. The number of sulfone groups is 2. The number of rotatable bonds is 6. The smallest absolute Gasteiger partial charge is 0.234 e. The van der Waals surface area contributed by atoms with Crippen LogP contribution in [0.3, 0.4) is 0 Å². The highest BCUT2D eigenvalue weighted by molar-refractivity contribution is 7.91. The molecule has 27 heavy (non-hydrogen) atoms. The van der Waals surface area contributed by atoms with Crippen LogP contribution in [0.1, 0.15) is 13.8 Å². The maximum absolute atomic E-state index is 12.2. The standard InChI is InChI=1S/C17H27N3O5S2/c1-13(2)18-17(21)12-19-7-9-20(10-8-19)15-6-5-14(26(3,22)23)11-16(15)27(4,24)25/h5-6,11,13H,7-10,12H2,1-4H3,(H,18,21). The number of nitrogens with zero attached hydrogens (tertiary/aromatic N) is 2. The van der Waals surface area contributed by atoms with Crippen LogP contribution in [0.4, 0.5) is 5.69 Å². The lowest BCUT2D eigenvalue weighted by Gasteiger charge is -2.36. The Kier molecular flexibility index (Phi) is 6.54. The third kappa shape index (κ3) is 5.91. The van der Waals surface area contributed by atoms with Crippen molar-refractivity contribution in [1.82, 2.24) is 10.2 Å². The molecule has 1 N–H and O–H groups in total. The van der Waals surface area contributed by atoms with Crippen molar-refractivity contribution >= 4 is 31.3 Å². The van der Waals surface area contributed by atoms with E-state index >= 15 is 0 Å². The molecular weight excluding hydrogens is 390 g/mol. The van der Waals surface area contributed by atoms with Gasteiger partial charge in [-0.2, -0.15) is 0 Å². The zero-order valence-corrected chi connectivity index (χ0v) is 17.7. The Morgan fingerprint density at radius 3 is 2.11 bits per heavy atom. The minimum absolute atomic E-state index is 0.0106. The number of carbonyl (C=O) groups excluding carboxylic acids is 1. The molecule has 152 valence electrons. The summed E-state index contributed by atoms with van der Waals surface area (Å²) in [4.78, 5) is 15.8. The SMILES string of the molecule is CC(C)NC(=O)CN1CCN(c2ccc(S(C)(=O)=O)cc2S(C)(=O)=O)CC1. The van der Waals surface area contributed by atoms with E-state index in [0.717, 1.165) is 12.5 Å². The van der Waals surface area contributed by atoms with Crippen molar-refractivity contribution in [3.05, 3.63) is 18.2 Å². The fraction of sp³-hybridized carbons (Fsp3) is 0.588. The largest absolute Gasteiger partial charge is 0.368 e. The van der Waals surface area contributed by atoms with Crippen LogP contribution in [-0.4, -0.2) is 78.9 Å². The fourth-order valence-electron chi connectivity index (χ4n) is 3.00. The summed E-state index contributed by atoms with van der Waals surface area (Å²) in [6, 6.07) is 4.29. The van der Waals surface area contributed by atoms with Gasteiger partial charge in [-0.1, -0.05) is 0 Å². The molecule has 0 unspecified atom stereocenters. The van der Waals surface area contributed by atoms with E-state index in [1.807, 2.05) is 23.6 Å². The molecule has 1 aliphatic heterocycles. The van der Waals surface area contributed by atoms with Crippen LogP contribution in [-0.2, 0) is 24.5 Å². The predicted molar refractivity (Wildman–Crippen MR) is 105 cm³/mol. The predicted octanol–water partition coefficient (Wildman–Crippen LogP) is 0.140. The van der Waals surface area contributed by atoms with Crippen LogP contribution in [0.25, 0.3) is 0 Å². The molecule has 0 spiro atoms. The van der Waals surface area contributed by atoms with E-state index < -0.39 is 19.7 Å². The van der Waals surface area contributed by atoms with Crippen LogP contribution in [0.15, 0.2) is 28.0 Å². The first-order chi connectivity index (χ1) is 12.4. The van der Waals surface area contributed by atoms with E-state index in [4.69, 9.17) is 0 Å². The van der Waals surface area contributed by atoms with E-state index in [9.17, 15) is 21.6 Å². The van der Waals surface area contributed by atoms with Gasteiger partial charge in [-0.25, -0.2) is 16.8 Å². The van der Waals surface area contributed by atoms with E-state index in [0.29, 0.717) is 38.4 Å². The maximum atomic E-state index is 12.2. The molecule has 1 aromatic carbocycles. The van der Waals surface area contributed by atoms with Crippen molar-refractivity contribution in [1.29, 1.82) is 0 Å². The molecule has 1 amide bonds. The number of hydrogen-bond donors (Lipinski definition) is 1. The Morgan fingerprint density at radius 2 is 1.63 bits per heavy atom. The fourth-order valence-corrected chi connectivity index (χ4v) is 4.64. The first kappa shape index (κ1) is 21.6. The lowest BCUT2D eigenvalue weighted by Crippen LogP contribution is -2.50. The van der Waals surface area contributed by atoms with Crippen molar-refractivity contribution < 1.29 is 21.6 Å². The van der Waals surface area contributed by atoms with Gasteiger partial charge in [-0.05, 0) is 32.0 Å². The third-order valence-electron chi connectivity index (χ3n) is 4.29. The molecule has 2 rings (SSSR count). The van der Waals surface area contributed by atoms with Gasteiger partial charge in [0.15, 0.2) is 19.7 Å². The first-order valence-corrected chi connectivity index (χ1v) is 12.5. The average Bonchev–Trinajstić information content (AvgIpc) is 2.52. The Balaban J connectivity index is 2.17. The Labute approximate surface area is 161 Å². The van der Waals surface area contributed by atoms with Crippen molar-refractivity contribution in [3.63, 3.8) is 0 Å². The number of nitrogens with one attached hydrogen (secondary N) is 1. The van der Waals surface area contributed by atoms with Gasteiger partial charge in [0.05, 0.1) is 22.0 Å². The van der Waals surface area contributed by atoms with Gasteiger partial charge < -0.3 is 10.2 Å². The lowest BCUT2D eigenvalue weighted by atomic mass is 10.2. The molecule has 1 aliphatic rings. The van der Waals surface area contributed by atoms with Gasteiger partial charge in [0.1, 0.15) is 0 Å². The van der Waals surface area contributed by atoms with E-state index in [1.54, 1.807) is 6.07 Å². The zero-order valence-electron chi connectivity index (χ0n) is 16.1. The maximum Gasteiger partial charge on any atom is 0.234 e. The second-order valence-electron chi connectivity index (χ2n) is 7.16. The second-order valence-corrected chi connectivity index (χ2v) is 11.2. The molecule has 0 aliphatic carbocycles. The Morgan fingerprint density at radius 1 is 1.04 bits per heavy atom. The summed E-state index contributed by atoms with van der Waals surface area (Å²) < 4.78 is 47.9. The normalized spacial score (nSPS) is 16.6. The summed E-state index contributed by atoms with van der Waals surface area (Å²) >= 11 is 0. The number of carbonyl (C=O) groups is 1. The molecule has 0 aromatic heterocycles. The van der Waals surface area contributed by atoms with E-state index in [2.05, 4.69) is 5.32 Å². The van der Waals surface area contributed by atoms with Crippen molar-refractivity contribution in [3.8, 4) is 0 Å². The average molecular weight is 418 g/mol. The van der Waals surface area contributed by atoms with Crippen LogP contribution < -0.4 is 10.2 Å². The minimum Gasteiger partial charge on any atom is -0.368 e. The van der Waals surface area contributed by atoms with Crippen molar-refractivity contribution in [2.75, 3.05) is 50.1 Å². The molecule has 1 heterocycles. The highest BCUT2D eigenvalue weighted by atomic mass is 32.2. The molecule has 0 saturated carbocycles. The van der Waals surface area contributed by atoms with Gasteiger partial charge in [0, 0.05) is 44.7 Å². The minimum atomic E-state index is -3.60. The molecule has 1 fully saturated rings. The number of anilines is 1. The molecule has 8 nitrogen and oxygen atoms in total. The quantitative estimate of drug-likeness (QED) is 0.702. The summed E-state index contributed by atoms with van der Waals surface area (Å²) in [6.45, 7) is 6.44. The van der Waals surface area contributed by atoms with Crippen LogP contribution >= 0.6 is 0 Å². The van der Waals surface area contributed by atoms with E-state index in [-0.39, 0.29) is 21.7 Å². The van der Waals surface area contributed by atoms with Gasteiger partial charge in [0.25, 0.3) is 0 Å². The molecule has 0 atom stereocenters. The Hall–Kier alpha value is -1.65.